The minimum absolute atomic E-state index is 0.171. The summed E-state index contributed by atoms with van der Waals surface area (Å²) in [4.78, 5) is 22.9. The molecule has 33 heavy (non-hydrogen) atoms. The van der Waals surface area contributed by atoms with Gasteiger partial charge in [-0.05, 0) is 45.6 Å². The first-order valence-electron chi connectivity index (χ1n) is 12.7. The van der Waals surface area contributed by atoms with Crippen LogP contribution in [0.4, 0.5) is 0 Å². The number of nitrogens with zero attached hydrogens (tertiary/aromatic N) is 1. The molecule has 0 bridgehead atoms. The third-order valence-corrected chi connectivity index (χ3v) is 6.05. The van der Waals surface area contributed by atoms with Gasteiger partial charge in [-0.15, -0.1) is 0 Å². The molecule has 2 heterocycles. The Kier molecular flexibility index (Phi) is 17.9. The quantitative estimate of drug-likeness (QED) is 0.465. The summed E-state index contributed by atoms with van der Waals surface area (Å²) in [7, 11) is 2.17. The highest BCUT2D eigenvalue weighted by atomic mass is 16.5. The van der Waals surface area contributed by atoms with E-state index in [1.165, 1.54) is 0 Å². The molecule has 2 aliphatic heterocycles. The number of hydrogen-bond acceptors (Lipinski definition) is 8. The molecular weight excluding hydrogens is 426 g/mol. The van der Waals surface area contributed by atoms with Crippen molar-refractivity contribution in [2.24, 2.45) is 0 Å². The Bertz CT molecular complexity index is 463. The Morgan fingerprint density at radius 2 is 1.18 bits per heavy atom. The molecule has 2 fully saturated rings. The van der Waals surface area contributed by atoms with E-state index < -0.39 is 24.4 Å². The molecule has 2 N–H and O–H groups in total. The van der Waals surface area contributed by atoms with Gasteiger partial charge in [-0.25, -0.2) is 0 Å². The summed E-state index contributed by atoms with van der Waals surface area (Å²) in [5.74, 6) is 0. The van der Waals surface area contributed by atoms with Crippen molar-refractivity contribution in [1.29, 1.82) is 0 Å². The van der Waals surface area contributed by atoms with Crippen LogP contribution in [-0.2, 0) is 23.8 Å². The largest absolute Gasteiger partial charge is 0.388 e. The SMILES string of the molecule is CCC(C=O)OC(C=O)CC.CCC1CN(C)CC(CC)O1.CCC1OC(CC)C(O)C1O. The molecule has 8 nitrogen and oxygen atoms in total. The second-order valence-corrected chi connectivity index (χ2v) is 8.73. The number of carbonyl (C=O) groups is 2. The summed E-state index contributed by atoms with van der Waals surface area (Å²) >= 11 is 0. The van der Waals surface area contributed by atoms with Crippen LogP contribution in [0.5, 0.6) is 0 Å². The maximum atomic E-state index is 10.3. The van der Waals surface area contributed by atoms with Gasteiger partial charge in [0.15, 0.2) is 0 Å². The summed E-state index contributed by atoms with van der Waals surface area (Å²) < 4.78 is 16.3. The minimum atomic E-state index is -0.690. The third-order valence-electron chi connectivity index (χ3n) is 6.05. The highest BCUT2D eigenvalue weighted by molar-refractivity contribution is 5.59. The van der Waals surface area contributed by atoms with Crippen LogP contribution in [0.1, 0.15) is 80.1 Å². The van der Waals surface area contributed by atoms with E-state index in [1.807, 2.05) is 27.7 Å². The molecule has 0 saturated carbocycles. The maximum absolute atomic E-state index is 10.3. The average molecular weight is 476 g/mol. The standard InChI is InChI=1S/C9H19NO.C8H16O3.C8H14O3/c1-4-8-6-10(3)7-9(5-2)11-8;1-3-5-7(9)8(10)6(4-2)11-5;1-3-7(5-9)11-8(4-2)6-10/h8-9H,4-7H2,1-3H3;5-10H,3-4H2,1-2H3;5-8H,3-4H2,1-2H3. The molecule has 0 spiro atoms. The third kappa shape index (κ3) is 11.9. The predicted molar refractivity (Wildman–Crippen MR) is 129 cm³/mol. The Morgan fingerprint density at radius 3 is 1.42 bits per heavy atom. The number of aliphatic hydroxyl groups excluding tert-OH is 2. The van der Waals surface area contributed by atoms with Crippen LogP contribution in [0.15, 0.2) is 0 Å². The Morgan fingerprint density at radius 1 is 0.788 bits per heavy atom. The lowest BCUT2D eigenvalue weighted by atomic mass is 10.1. The molecule has 2 rings (SSSR count). The normalized spacial score (nSPS) is 31.4. The number of likely N-dealkylation sites (N-methyl/N-ethyl adjacent to an activating group) is 1. The molecule has 0 aliphatic carbocycles. The average Bonchev–Trinajstić information content (AvgIpc) is 3.13. The second-order valence-electron chi connectivity index (χ2n) is 8.73. The van der Waals surface area contributed by atoms with Gasteiger partial charge in [0.05, 0.1) is 24.4 Å². The molecule has 2 aliphatic rings. The fourth-order valence-electron chi connectivity index (χ4n) is 3.75. The van der Waals surface area contributed by atoms with E-state index >= 15 is 0 Å². The number of ether oxygens (including phenoxy) is 3. The monoisotopic (exact) mass is 475 g/mol. The Hall–Kier alpha value is -0.900. The van der Waals surface area contributed by atoms with Crippen molar-refractivity contribution in [3.8, 4) is 0 Å². The molecule has 0 aromatic carbocycles. The van der Waals surface area contributed by atoms with Crippen LogP contribution in [0.3, 0.4) is 0 Å². The molecule has 0 aromatic rings. The van der Waals surface area contributed by atoms with Crippen molar-refractivity contribution in [2.75, 3.05) is 20.1 Å². The molecular formula is C25H49NO7. The van der Waals surface area contributed by atoms with Gasteiger partial charge in [0, 0.05) is 13.1 Å². The minimum Gasteiger partial charge on any atom is -0.388 e. The second kappa shape index (κ2) is 18.4. The Balaban J connectivity index is 0.000000465. The van der Waals surface area contributed by atoms with Gasteiger partial charge in [0.2, 0.25) is 0 Å². The van der Waals surface area contributed by atoms with Crippen LogP contribution < -0.4 is 0 Å². The molecule has 8 heteroatoms. The lowest BCUT2D eigenvalue weighted by Gasteiger charge is -2.35. The van der Waals surface area contributed by atoms with Crippen molar-refractivity contribution in [3.05, 3.63) is 0 Å². The van der Waals surface area contributed by atoms with Crippen LogP contribution in [0.25, 0.3) is 0 Å². The van der Waals surface area contributed by atoms with Gasteiger partial charge in [-0.3, -0.25) is 0 Å². The zero-order valence-corrected chi connectivity index (χ0v) is 21.8. The highest BCUT2D eigenvalue weighted by Crippen LogP contribution is 2.24. The first-order chi connectivity index (χ1) is 15.7. The lowest BCUT2D eigenvalue weighted by molar-refractivity contribution is -0.130. The van der Waals surface area contributed by atoms with Gasteiger partial charge < -0.3 is 38.9 Å². The van der Waals surface area contributed by atoms with E-state index in [4.69, 9.17) is 14.2 Å². The van der Waals surface area contributed by atoms with Crippen LogP contribution >= 0.6 is 0 Å². The number of aldehydes is 2. The summed E-state index contributed by atoms with van der Waals surface area (Å²) in [5.41, 5.74) is 0. The number of rotatable bonds is 10. The molecule has 0 amide bonds. The molecule has 8 unspecified atom stereocenters. The molecule has 2 saturated heterocycles. The van der Waals surface area contributed by atoms with Crippen molar-refractivity contribution in [2.45, 2.75) is 129 Å². The van der Waals surface area contributed by atoms with Crippen molar-refractivity contribution in [3.63, 3.8) is 0 Å². The fourth-order valence-corrected chi connectivity index (χ4v) is 3.75. The summed E-state index contributed by atoms with van der Waals surface area (Å²) in [6, 6.07) is 0. The maximum Gasteiger partial charge on any atom is 0.148 e. The van der Waals surface area contributed by atoms with Gasteiger partial charge in [0.25, 0.3) is 0 Å². The molecule has 0 aromatic heterocycles. The number of carbonyl (C=O) groups excluding carboxylic acids is 2. The van der Waals surface area contributed by atoms with Crippen molar-refractivity contribution in [1.82, 2.24) is 4.90 Å². The summed E-state index contributed by atoms with van der Waals surface area (Å²) in [5, 5.41) is 18.8. The van der Waals surface area contributed by atoms with E-state index in [-0.39, 0.29) is 12.2 Å². The number of hydrogen-bond donors (Lipinski definition) is 2. The molecule has 8 atom stereocenters. The zero-order valence-electron chi connectivity index (χ0n) is 21.8. The smallest absolute Gasteiger partial charge is 0.148 e. The fraction of sp³-hybridized carbons (Fsp3) is 0.920. The van der Waals surface area contributed by atoms with Crippen molar-refractivity contribution < 1.29 is 34.0 Å². The van der Waals surface area contributed by atoms with Gasteiger partial charge in [-0.1, -0.05) is 41.5 Å². The predicted octanol–water partition coefficient (Wildman–Crippen LogP) is 2.76. The lowest BCUT2D eigenvalue weighted by Crippen LogP contribution is -2.45. The molecule has 196 valence electrons. The summed E-state index contributed by atoms with van der Waals surface area (Å²) in [6.45, 7) is 14.2. The van der Waals surface area contributed by atoms with E-state index in [1.54, 1.807) is 0 Å². The topological polar surface area (TPSA) is 106 Å². The number of morpholine rings is 1. The zero-order chi connectivity index (χ0) is 25.4. The first-order valence-corrected chi connectivity index (χ1v) is 12.7. The van der Waals surface area contributed by atoms with E-state index in [9.17, 15) is 19.8 Å². The van der Waals surface area contributed by atoms with E-state index in [0.717, 1.165) is 51.3 Å². The summed E-state index contributed by atoms with van der Waals surface area (Å²) in [6.07, 6.45) is 4.86. The Labute approximate surface area is 201 Å². The highest BCUT2D eigenvalue weighted by Gasteiger charge is 2.40. The van der Waals surface area contributed by atoms with Crippen LogP contribution in [0.2, 0.25) is 0 Å². The van der Waals surface area contributed by atoms with Crippen LogP contribution in [0, 0.1) is 0 Å². The van der Waals surface area contributed by atoms with Gasteiger partial charge in [-0.2, -0.15) is 0 Å². The van der Waals surface area contributed by atoms with Crippen molar-refractivity contribution >= 4 is 12.6 Å². The first kappa shape index (κ1) is 32.1. The van der Waals surface area contributed by atoms with Gasteiger partial charge in [0.1, 0.15) is 37.0 Å². The number of aliphatic hydroxyl groups is 2. The molecule has 0 radical (unpaired) electrons. The van der Waals surface area contributed by atoms with E-state index in [0.29, 0.717) is 25.0 Å². The van der Waals surface area contributed by atoms with Gasteiger partial charge >= 0.3 is 0 Å². The van der Waals surface area contributed by atoms with E-state index in [2.05, 4.69) is 25.8 Å². The van der Waals surface area contributed by atoms with Crippen LogP contribution in [-0.4, -0.2) is 96.7 Å².